The second kappa shape index (κ2) is 9.49. The van der Waals surface area contributed by atoms with E-state index in [9.17, 15) is 13.2 Å². The molecule has 3 rings (SSSR count). The minimum absolute atomic E-state index is 0.136. The topological polar surface area (TPSA) is 70.2 Å². The van der Waals surface area contributed by atoms with Crippen LogP contribution in [0.15, 0.2) is 53.4 Å². The van der Waals surface area contributed by atoms with Gasteiger partial charge in [-0.3, -0.25) is 9.10 Å². The standard InChI is InChI=1S/C22H29N3O4S/c1-4-23-12-14-24(15-13-23)22(26)17-25(20-16-18(2)10-11-21(20)29-3)30(27,28)19-8-6-5-7-9-19/h5-11,16H,4,12-15,17H2,1-3H3. The first-order valence-electron chi connectivity index (χ1n) is 10.1. The second-order valence-electron chi connectivity index (χ2n) is 7.32. The van der Waals surface area contributed by atoms with Crippen molar-refractivity contribution in [2.24, 2.45) is 0 Å². The summed E-state index contributed by atoms with van der Waals surface area (Å²) in [6, 6.07) is 13.5. The molecule has 0 N–H and O–H groups in total. The largest absolute Gasteiger partial charge is 0.495 e. The van der Waals surface area contributed by atoms with Crippen molar-refractivity contribution in [3.8, 4) is 5.75 Å². The Hall–Kier alpha value is -2.58. The Balaban J connectivity index is 1.97. The molecule has 1 amide bonds. The van der Waals surface area contributed by atoms with Gasteiger partial charge in [0.05, 0.1) is 17.7 Å². The lowest BCUT2D eigenvalue weighted by molar-refractivity contribution is -0.131. The fourth-order valence-electron chi connectivity index (χ4n) is 3.55. The fraction of sp³-hybridized carbons (Fsp3) is 0.409. The van der Waals surface area contributed by atoms with E-state index in [0.717, 1.165) is 25.2 Å². The van der Waals surface area contributed by atoms with Gasteiger partial charge >= 0.3 is 0 Å². The van der Waals surface area contributed by atoms with Crippen LogP contribution in [0.25, 0.3) is 0 Å². The highest BCUT2D eigenvalue weighted by atomic mass is 32.2. The maximum absolute atomic E-state index is 13.5. The molecule has 30 heavy (non-hydrogen) atoms. The van der Waals surface area contributed by atoms with E-state index in [1.54, 1.807) is 35.2 Å². The Morgan fingerprint density at radius 3 is 2.33 bits per heavy atom. The van der Waals surface area contributed by atoms with Gasteiger partial charge in [0.2, 0.25) is 5.91 Å². The van der Waals surface area contributed by atoms with Crippen molar-refractivity contribution in [3.63, 3.8) is 0 Å². The molecule has 0 unspecified atom stereocenters. The summed E-state index contributed by atoms with van der Waals surface area (Å²) in [6.07, 6.45) is 0. The van der Waals surface area contributed by atoms with Crippen LogP contribution in [0.4, 0.5) is 5.69 Å². The number of likely N-dealkylation sites (N-methyl/N-ethyl adjacent to an activating group) is 1. The van der Waals surface area contributed by atoms with E-state index in [1.165, 1.54) is 23.5 Å². The molecular weight excluding hydrogens is 402 g/mol. The zero-order chi connectivity index (χ0) is 21.7. The average molecular weight is 432 g/mol. The number of ether oxygens (including phenoxy) is 1. The van der Waals surface area contributed by atoms with Gasteiger partial charge in [0.1, 0.15) is 12.3 Å². The summed E-state index contributed by atoms with van der Waals surface area (Å²) in [5.41, 5.74) is 1.24. The molecule has 0 aromatic heterocycles. The summed E-state index contributed by atoms with van der Waals surface area (Å²) < 4.78 is 33.6. The first-order valence-corrected chi connectivity index (χ1v) is 11.5. The Bertz CT molecular complexity index is 971. The number of nitrogens with zero attached hydrogens (tertiary/aromatic N) is 3. The van der Waals surface area contributed by atoms with Crippen LogP contribution in [-0.2, 0) is 14.8 Å². The summed E-state index contributed by atoms with van der Waals surface area (Å²) in [5, 5.41) is 0. The molecule has 7 nitrogen and oxygen atoms in total. The van der Waals surface area contributed by atoms with Crippen molar-refractivity contribution < 1.29 is 17.9 Å². The molecule has 0 aliphatic carbocycles. The number of amides is 1. The molecule has 162 valence electrons. The number of rotatable bonds is 7. The quantitative estimate of drug-likeness (QED) is 0.673. The van der Waals surface area contributed by atoms with Crippen molar-refractivity contribution in [3.05, 3.63) is 54.1 Å². The molecule has 1 heterocycles. The highest BCUT2D eigenvalue weighted by molar-refractivity contribution is 7.92. The molecule has 0 atom stereocenters. The summed E-state index contributed by atoms with van der Waals surface area (Å²) in [6.45, 7) is 7.41. The van der Waals surface area contributed by atoms with Gasteiger partial charge in [0.15, 0.2) is 0 Å². The van der Waals surface area contributed by atoms with Gasteiger partial charge in [-0.05, 0) is 43.3 Å². The normalized spacial score (nSPS) is 15.1. The number of anilines is 1. The third-order valence-electron chi connectivity index (χ3n) is 5.39. The zero-order valence-electron chi connectivity index (χ0n) is 17.7. The predicted molar refractivity (Wildman–Crippen MR) is 117 cm³/mol. The number of sulfonamides is 1. The smallest absolute Gasteiger partial charge is 0.264 e. The van der Waals surface area contributed by atoms with E-state index in [4.69, 9.17) is 4.74 Å². The van der Waals surface area contributed by atoms with Gasteiger partial charge in [-0.25, -0.2) is 8.42 Å². The summed E-state index contributed by atoms with van der Waals surface area (Å²) in [7, 11) is -2.46. The van der Waals surface area contributed by atoms with Gasteiger partial charge < -0.3 is 14.5 Å². The van der Waals surface area contributed by atoms with E-state index in [2.05, 4.69) is 11.8 Å². The molecule has 1 saturated heterocycles. The predicted octanol–water partition coefficient (Wildman–Crippen LogP) is 2.36. The zero-order valence-corrected chi connectivity index (χ0v) is 18.6. The van der Waals surface area contributed by atoms with Crippen LogP contribution in [0.2, 0.25) is 0 Å². The Labute approximate surface area is 178 Å². The lowest BCUT2D eigenvalue weighted by atomic mass is 10.2. The van der Waals surface area contributed by atoms with Crippen molar-refractivity contribution in [1.82, 2.24) is 9.80 Å². The van der Waals surface area contributed by atoms with Crippen molar-refractivity contribution in [1.29, 1.82) is 0 Å². The van der Waals surface area contributed by atoms with Crippen LogP contribution in [0.1, 0.15) is 12.5 Å². The minimum atomic E-state index is -3.96. The Morgan fingerprint density at radius 2 is 1.73 bits per heavy atom. The second-order valence-corrected chi connectivity index (χ2v) is 9.18. The average Bonchev–Trinajstić information content (AvgIpc) is 2.77. The van der Waals surface area contributed by atoms with E-state index in [0.29, 0.717) is 24.5 Å². The molecule has 1 aliphatic rings. The maximum Gasteiger partial charge on any atom is 0.264 e. The highest BCUT2D eigenvalue weighted by Gasteiger charge is 2.31. The number of carbonyl (C=O) groups excluding carboxylic acids is 1. The van der Waals surface area contributed by atoms with E-state index >= 15 is 0 Å². The molecule has 1 fully saturated rings. The summed E-state index contributed by atoms with van der Waals surface area (Å²) in [4.78, 5) is 17.2. The summed E-state index contributed by atoms with van der Waals surface area (Å²) in [5.74, 6) is 0.192. The third-order valence-corrected chi connectivity index (χ3v) is 7.16. The Morgan fingerprint density at radius 1 is 1.07 bits per heavy atom. The van der Waals surface area contributed by atoms with Gasteiger partial charge in [-0.15, -0.1) is 0 Å². The maximum atomic E-state index is 13.5. The molecular formula is C22H29N3O4S. The SMILES string of the molecule is CCN1CCN(C(=O)CN(c2cc(C)ccc2OC)S(=O)(=O)c2ccccc2)CC1. The lowest BCUT2D eigenvalue weighted by Gasteiger charge is -2.35. The number of hydrogen-bond acceptors (Lipinski definition) is 5. The molecule has 0 bridgehead atoms. The molecule has 0 radical (unpaired) electrons. The summed E-state index contributed by atoms with van der Waals surface area (Å²) >= 11 is 0. The molecule has 0 spiro atoms. The molecule has 2 aromatic rings. The number of aryl methyl sites for hydroxylation is 1. The van der Waals surface area contributed by atoms with E-state index in [1.807, 2.05) is 13.0 Å². The van der Waals surface area contributed by atoms with Crippen LogP contribution in [-0.4, -0.2) is 70.5 Å². The van der Waals surface area contributed by atoms with Crippen molar-refractivity contribution in [2.75, 3.05) is 50.7 Å². The van der Waals surface area contributed by atoms with Crippen LogP contribution < -0.4 is 9.04 Å². The molecule has 1 aliphatic heterocycles. The van der Waals surface area contributed by atoms with Crippen LogP contribution in [0.5, 0.6) is 5.75 Å². The van der Waals surface area contributed by atoms with Crippen molar-refractivity contribution in [2.45, 2.75) is 18.7 Å². The first-order chi connectivity index (χ1) is 14.4. The third kappa shape index (κ3) is 4.76. The van der Waals surface area contributed by atoms with Crippen LogP contribution >= 0.6 is 0 Å². The van der Waals surface area contributed by atoms with Crippen LogP contribution in [0, 0.1) is 6.92 Å². The van der Waals surface area contributed by atoms with Crippen molar-refractivity contribution >= 4 is 21.6 Å². The van der Waals surface area contributed by atoms with Gasteiger partial charge in [-0.2, -0.15) is 0 Å². The molecule has 2 aromatic carbocycles. The lowest BCUT2D eigenvalue weighted by Crippen LogP contribution is -2.51. The number of benzene rings is 2. The van der Waals surface area contributed by atoms with E-state index < -0.39 is 10.0 Å². The van der Waals surface area contributed by atoms with Crippen LogP contribution in [0.3, 0.4) is 0 Å². The number of carbonyl (C=O) groups is 1. The Kier molecular flexibility index (Phi) is 6.99. The first kappa shape index (κ1) is 22.1. The van der Waals surface area contributed by atoms with Gasteiger partial charge in [-0.1, -0.05) is 31.2 Å². The fourth-order valence-corrected chi connectivity index (χ4v) is 4.99. The molecule has 8 heteroatoms. The number of piperazine rings is 1. The monoisotopic (exact) mass is 431 g/mol. The van der Waals surface area contributed by atoms with E-state index in [-0.39, 0.29) is 17.3 Å². The number of hydrogen-bond donors (Lipinski definition) is 0. The minimum Gasteiger partial charge on any atom is -0.495 e. The highest BCUT2D eigenvalue weighted by Crippen LogP contribution is 2.33. The number of methoxy groups -OCH3 is 1. The molecule has 0 saturated carbocycles. The van der Waals surface area contributed by atoms with Gasteiger partial charge in [0.25, 0.3) is 10.0 Å². The van der Waals surface area contributed by atoms with Gasteiger partial charge in [0, 0.05) is 26.2 Å².